The van der Waals surface area contributed by atoms with Crippen LogP contribution in [-0.2, 0) is 12.8 Å². The third-order valence-electron chi connectivity index (χ3n) is 5.17. The monoisotopic (exact) mass is 425 g/mol. The van der Waals surface area contributed by atoms with Crippen LogP contribution in [-0.4, -0.2) is 39.0 Å². The molecule has 1 unspecified atom stereocenters. The van der Waals surface area contributed by atoms with E-state index in [2.05, 4.69) is 15.1 Å². The molecule has 2 N–H and O–H groups in total. The molecule has 0 spiro atoms. The molecule has 0 aliphatic heterocycles. The second kappa shape index (κ2) is 7.08. The molecule has 1 aliphatic rings. The lowest BCUT2D eigenvalue weighted by Crippen LogP contribution is -2.21. The van der Waals surface area contributed by atoms with Gasteiger partial charge >= 0.3 is 6.18 Å². The number of aromatic amines is 1. The fraction of sp³-hybridized carbons (Fsp3) is 0.421. The number of alkyl halides is 3. The number of nitrogens with one attached hydrogen (secondary N) is 1. The van der Waals surface area contributed by atoms with Crippen LogP contribution in [0.5, 0.6) is 0 Å². The number of nitrogens with zero attached hydrogens (tertiary/aromatic N) is 4. The Bertz CT molecular complexity index is 1160. The van der Waals surface area contributed by atoms with Crippen LogP contribution < -0.4 is 10.5 Å². The lowest BCUT2D eigenvalue weighted by molar-refractivity contribution is -0.140. The van der Waals surface area contributed by atoms with Crippen molar-refractivity contribution in [3.05, 3.63) is 51.2 Å². The maximum atomic E-state index is 14.3. The highest BCUT2D eigenvalue weighted by atomic mass is 19.4. The third-order valence-corrected chi connectivity index (χ3v) is 5.17. The lowest BCUT2D eigenvalue weighted by Gasteiger charge is -2.20. The van der Waals surface area contributed by atoms with E-state index in [-0.39, 0.29) is 28.6 Å². The minimum absolute atomic E-state index is 0.000302. The van der Waals surface area contributed by atoms with E-state index in [1.54, 1.807) is 19.0 Å². The quantitative estimate of drug-likeness (QED) is 0.614. The second-order valence-electron chi connectivity index (χ2n) is 7.55. The van der Waals surface area contributed by atoms with Crippen molar-refractivity contribution in [2.45, 2.75) is 31.7 Å². The molecular weight excluding hydrogens is 406 g/mol. The summed E-state index contributed by atoms with van der Waals surface area (Å²) in [6.07, 6.45) is -3.25. The van der Waals surface area contributed by atoms with Gasteiger partial charge in [0.1, 0.15) is 16.9 Å². The zero-order valence-electron chi connectivity index (χ0n) is 16.2. The second-order valence-corrected chi connectivity index (χ2v) is 7.55. The van der Waals surface area contributed by atoms with Crippen molar-refractivity contribution in [1.82, 2.24) is 19.7 Å². The van der Waals surface area contributed by atoms with Crippen LogP contribution in [0.15, 0.2) is 23.0 Å². The zero-order chi connectivity index (χ0) is 21.8. The number of halogens is 4. The Labute approximate surface area is 168 Å². The van der Waals surface area contributed by atoms with Crippen molar-refractivity contribution >= 4 is 17.0 Å². The van der Waals surface area contributed by atoms with Gasteiger partial charge in [0.2, 0.25) is 5.95 Å². The first-order valence-corrected chi connectivity index (χ1v) is 9.28. The van der Waals surface area contributed by atoms with Gasteiger partial charge in [-0.15, -0.1) is 0 Å². The van der Waals surface area contributed by atoms with Gasteiger partial charge in [-0.2, -0.15) is 23.3 Å². The smallest absolute Gasteiger partial charge is 0.390 e. The van der Waals surface area contributed by atoms with Gasteiger partial charge in [-0.1, -0.05) is 6.07 Å². The Kier molecular flexibility index (Phi) is 4.80. The van der Waals surface area contributed by atoms with Gasteiger partial charge in [0, 0.05) is 14.1 Å². The summed E-state index contributed by atoms with van der Waals surface area (Å²) in [6.45, 7) is -0.520. The van der Waals surface area contributed by atoms with E-state index >= 15 is 0 Å². The maximum Gasteiger partial charge on any atom is 0.419 e. The van der Waals surface area contributed by atoms with E-state index in [0.29, 0.717) is 11.6 Å². The van der Waals surface area contributed by atoms with Crippen molar-refractivity contribution in [1.29, 1.82) is 0 Å². The Morgan fingerprint density at radius 1 is 1.33 bits per heavy atom. The molecule has 160 valence electrons. The molecule has 3 aromatic rings. The summed E-state index contributed by atoms with van der Waals surface area (Å²) in [5.41, 5.74) is -1.25. The fourth-order valence-corrected chi connectivity index (χ4v) is 3.59. The molecule has 1 aromatic carbocycles. The zero-order valence-corrected chi connectivity index (χ0v) is 16.2. The van der Waals surface area contributed by atoms with Crippen molar-refractivity contribution in [3.63, 3.8) is 0 Å². The molecule has 0 amide bonds. The van der Waals surface area contributed by atoms with E-state index in [0.717, 1.165) is 18.9 Å². The van der Waals surface area contributed by atoms with Crippen molar-refractivity contribution in [2.24, 2.45) is 5.92 Å². The molecule has 2 heterocycles. The van der Waals surface area contributed by atoms with Crippen LogP contribution in [0.4, 0.5) is 23.5 Å². The Hall–Kier alpha value is -2.95. The predicted molar refractivity (Wildman–Crippen MR) is 101 cm³/mol. The van der Waals surface area contributed by atoms with E-state index in [9.17, 15) is 27.5 Å². The average Bonchev–Trinajstić information content (AvgIpc) is 3.42. The summed E-state index contributed by atoms with van der Waals surface area (Å²) in [7, 11) is 3.36. The van der Waals surface area contributed by atoms with Crippen LogP contribution in [0.2, 0.25) is 0 Å². The highest BCUT2D eigenvalue weighted by Gasteiger charge is 2.39. The topological polar surface area (TPSA) is 87.0 Å². The molecule has 0 bridgehead atoms. The molecule has 2 aromatic heterocycles. The van der Waals surface area contributed by atoms with Gasteiger partial charge < -0.3 is 10.0 Å². The molecule has 1 saturated carbocycles. The SMILES string of the molecule is CN(C)c1nc2c(c(CO)nn2C(c2ccc(C(F)(F)F)c(F)c2)C2CC2)c(=O)[nH]1. The number of hydrogen-bond acceptors (Lipinski definition) is 5. The lowest BCUT2D eigenvalue weighted by atomic mass is 10.0. The normalized spacial score (nSPS) is 15.6. The summed E-state index contributed by atoms with van der Waals surface area (Å²) in [6, 6.07) is 2.18. The van der Waals surface area contributed by atoms with Gasteiger partial charge in [0.25, 0.3) is 5.56 Å². The highest BCUT2D eigenvalue weighted by molar-refractivity contribution is 5.78. The fourth-order valence-electron chi connectivity index (χ4n) is 3.59. The number of aliphatic hydroxyl groups excluding tert-OH is 1. The molecule has 0 radical (unpaired) electrons. The number of hydrogen-bond donors (Lipinski definition) is 2. The predicted octanol–water partition coefficient (Wildman–Crippen LogP) is 2.84. The van der Waals surface area contributed by atoms with Crippen molar-refractivity contribution < 1.29 is 22.7 Å². The van der Waals surface area contributed by atoms with E-state index in [4.69, 9.17) is 0 Å². The number of H-pyrrole nitrogens is 1. The molecule has 30 heavy (non-hydrogen) atoms. The molecule has 0 saturated heterocycles. The standard InChI is InChI=1S/C19H19F4N5O2/c1-27(2)18-24-16-14(17(30)25-18)13(8-29)26-28(16)15(9-3-4-9)10-5-6-11(12(20)7-10)19(21,22)23/h5-7,9,15,29H,3-4,8H2,1-2H3,(H,24,25,30). The Morgan fingerprint density at radius 2 is 2.03 bits per heavy atom. The summed E-state index contributed by atoms with van der Waals surface area (Å²) in [4.78, 5) is 21.2. The van der Waals surface area contributed by atoms with Gasteiger partial charge in [0.05, 0.1) is 18.2 Å². The molecule has 1 atom stereocenters. The minimum atomic E-state index is -4.80. The van der Waals surface area contributed by atoms with Gasteiger partial charge in [-0.05, 0) is 36.5 Å². The maximum absolute atomic E-state index is 14.3. The van der Waals surface area contributed by atoms with Crippen LogP contribution in [0.1, 0.15) is 35.7 Å². The summed E-state index contributed by atoms with van der Waals surface area (Å²) in [5.74, 6) is -1.12. The first-order valence-electron chi connectivity index (χ1n) is 9.28. The molecule has 1 aliphatic carbocycles. The summed E-state index contributed by atoms with van der Waals surface area (Å²) < 4.78 is 54.6. The van der Waals surface area contributed by atoms with Crippen LogP contribution in [0.25, 0.3) is 11.0 Å². The molecule has 11 heteroatoms. The van der Waals surface area contributed by atoms with Gasteiger partial charge in [0.15, 0.2) is 5.65 Å². The number of aliphatic hydroxyl groups is 1. The first-order chi connectivity index (χ1) is 14.1. The van der Waals surface area contributed by atoms with Crippen LogP contribution in [0.3, 0.4) is 0 Å². The number of rotatable bonds is 5. The summed E-state index contributed by atoms with van der Waals surface area (Å²) >= 11 is 0. The van der Waals surface area contributed by atoms with E-state index in [1.807, 2.05) is 0 Å². The summed E-state index contributed by atoms with van der Waals surface area (Å²) in [5, 5.41) is 14.1. The number of aromatic nitrogens is 4. The molecule has 4 rings (SSSR count). The number of fused-ring (bicyclic) bond motifs is 1. The first kappa shape index (κ1) is 20.3. The number of anilines is 1. The van der Waals surface area contributed by atoms with Gasteiger partial charge in [-0.3, -0.25) is 9.78 Å². The number of benzene rings is 1. The molecule has 1 fully saturated rings. The van der Waals surface area contributed by atoms with E-state index in [1.165, 1.54) is 10.7 Å². The van der Waals surface area contributed by atoms with E-state index < -0.39 is 35.8 Å². The molecule has 7 nitrogen and oxygen atoms in total. The highest BCUT2D eigenvalue weighted by Crippen LogP contribution is 2.45. The minimum Gasteiger partial charge on any atom is -0.390 e. The Morgan fingerprint density at radius 3 is 2.57 bits per heavy atom. The van der Waals surface area contributed by atoms with Crippen molar-refractivity contribution in [2.75, 3.05) is 19.0 Å². The van der Waals surface area contributed by atoms with Crippen molar-refractivity contribution in [3.8, 4) is 0 Å². The third kappa shape index (κ3) is 3.42. The Balaban J connectivity index is 1.92. The average molecular weight is 425 g/mol. The molecular formula is C19H19F4N5O2. The largest absolute Gasteiger partial charge is 0.419 e. The van der Waals surface area contributed by atoms with Crippen LogP contribution >= 0.6 is 0 Å². The van der Waals surface area contributed by atoms with Crippen LogP contribution in [0, 0.1) is 11.7 Å². The van der Waals surface area contributed by atoms with Gasteiger partial charge in [-0.25, -0.2) is 9.07 Å².